The van der Waals surface area contributed by atoms with Gasteiger partial charge in [0.25, 0.3) is 11.5 Å². The third kappa shape index (κ3) is 5.55. The topological polar surface area (TPSA) is 96.2 Å². The molecule has 10 heteroatoms. The minimum absolute atomic E-state index is 0.0554. The van der Waals surface area contributed by atoms with E-state index in [0.717, 1.165) is 24.8 Å². The first kappa shape index (κ1) is 24.4. The minimum Gasteiger partial charge on any atom is -0.394 e. The van der Waals surface area contributed by atoms with Crippen LogP contribution in [0.15, 0.2) is 28.0 Å². The Hall–Kier alpha value is -2.27. The van der Waals surface area contributed by atoms with Gasteiger partial charge in [-0.3, -0.25) is 18.9 Å². The van der Waals surface area contributed by atoms with E-state index in [1.807, 2.05) is 13.0 Å². The Kier molecular flexibility index (Phi) is 8.80. The quantitative estimate of drug-likeness (QED) is 0.290. The van der Waals surface area contributed by atoms with Crippen molar-refractivity contribution in [3.63, 3.8) is 0 Å². The molecule has 2 aromatic rings. The molecule has 172 valence electrons. The number of hydrogen-bond donors (Lipinski definition) is 2. The van der Waals surface area contributed by atoms with Crippen LogP contribution in [0.1, 0.15) is 37.3 Å². The number of nitrogens with one attached hydrogen (secondary N) is 1. The van der Waals surface area contributed by atoms with Crippen LogP contribution in [-0.4, -0.2) is 62.5 Å². The Morgan fingerprint density at radius 2 is 2.12 bits per heavy atom. The number of ether oxygens (including phenoxy) is 1. The van der Waals surface area contributed by atoms with Crippen LogP contribution in [-0.2, 0) is 9.53 Å². The van der Waals surface area contributed by atoms with E-state index < -0.39 is 0 Å². The molecule has 0 radical (unpaired) electrons. The summed E-state index contributed by atoms with van der Waals surface area (Å²) in [7, 11) is 0. The van der Waals surface area contributed by atoms with Gasteiger partial charge in [-0.1, -0.05) is 49.8 Å². The van der Waals surface area contributed by atoms with Gasteiger partial charge >= 0.3 is 0 Å². The lowest BCUT2D eigenvalue weighted by Crippen LogP contribution is -2.29. The third-order valence-electron chi connectivity index (χ3n) is 4.99. The smallest absolute Gasteiger partial charge is 0.267 e. The molecule has 2 aromatic heterocycles. The lowest BCUT2D eigenvalue weighted by atomic mass is 10.2. The fourth-order valence-corrected chi connectivity index (χ4v) is 4.62. The van der Waals surface area contributed by atoms with Gasteiger partial charge in [-0.05, 0) is 31.1 Å². The fraction of sp³-hybridized carbons (Fsp3) is 0.455. The van der Waals surface area contributed by atoms with Crippen LogP contribution in [0.5, 0.6) is 0 Å². The second-order valence-corrected chi connectivity index (χ2v) is 9.04. The van der Waals surface area contributed by atoms with Crippen molar-refractivity contribution in [1.29, 1.82) is 0 Å². The Morgan fingerprint density at radius 1 is 1.31 bits per heavy atom. The largest absolute Gasteiger partial charge is 0.394 e. The first-order valence-corrected chi connectivity index (χ1v) is 11.9. The molecule has 1 saturated heterocycles. The molecule has 0 atom stereocenters. The van der Waals surface area contributed by atoms with Crippen LogP contribution in [0, 0.1) is 6.92 Å². The predicted octanol–water partition coefficient (Wildman–Crippen LogP) is 2.82. The summed E-state index contributed by atoms with van der Waals surface area (Å²) in [4.78, 5) is 32.9. The zero-order chi connectivity index (χ0) is 23.1. The van der Waals surface area contributed by atoms with E-state index in [-0.39, 0.29) is 24.7 Å². The average molecular weight is 477 g/mol. The number of carbonyl (C=O) groups is 1. The molecular weight excluding hydrogens is 448 g/mol. The number of aliphatic hydroxyl groups excluding tert-OH is 1. The lowest BCUT2D eigenvalue weighted by molar-refractivity contribution is -0.122. The van der Waals surface area contributed by atoms with Gasteiger partial charge in [0, 0.05) is 19.3 Å². The molecule has 0 aliphatic carbocycles. The number of fused-ring (bicyclic) bond motifs is 1. The molecule has 0 saturated carbocycles. The van der Waals surface area contributed by atoms with Gasteiger partial charge in [-0.2, -0.15) is 0 Å². The van der Waals surface area contributed by atoms with Crippen molar-refractivity contribution in [2.45, 2.75) is 33.1 Å². The van der Waals surface area contributed by atoms with Crippen molar-refractivity contribution in [2.24, 2.45) is 0 Å². The Bertz CT molecular complexity index is 1080. The highest BCUT2D eigenvalue weighted by molar-refractivity contribution is 8.26. The van der Waals surface area contributed by atoms with Crippen molar-refractivity contribution in [1.82, 2.24) is 14.3 Å². The number of aromatic nitrogens is 2. The first-order chi connectivity index (χ1) is 15.5. The molecule has 8 nitrogen and oxygen atoms in total. The van der Waals surface area contributed by atoms with E-state index in [1.165, 1.54) is 16.2 Å². The van der Waals surface area contributed by atoms with E-state index in [4.69, 9.17) is 22.1 Å². The van der Waals surface area contributed by atoms with Crippen LogP contribution in [0.25, 0.3) is 11.7 Å². The summed E-state index contributed by atoms with van der Waals surface area (Å²) in [5.41, 5.74) is 1.43. The molecule has 0 aromatic carbocycles. The molecule has 2 N–H and O–H groups in total. The molecule has 3 heterocycles. The molecule has 1 aliphatic rings. The van der Waals surface area contributed by atoms with Crippen LogP contribution in [0.4, 0.5) is 5.82 Å². The van der Waals surface area contributed by atoms with Crippen LogP contribution >= 0.6 is 24.0 Å². The standard InChI is InChI=1S/C22H28N4O4S2/c1-3-4-5-9-26-21(29)17(32-22(26)31)14-16-18(23-8-12-30-13-11-27)24-19-15(2)7-6-10-25(19)20(16)28/h6-7,10,14,23,27H,3-5,8-9,11-13H2,1-2H3/b17-14+. The normalized spacial score (nSPS) is 15.3. The molecular formula is C22H28N4O4S2. The molecule has 3 rings (SSSR count). The Morgan fingerprint density at radius 3 is 2.88 bits per heavy atom. The predicted molar refractivity (Wildman–Crippen MR) is 132 cm³/mol. The zero-order valence-electron chi connectivity index (χ0n) is 18.3. The highest BCUT2D eigenvalue weighted by atomic mass is 32.2. The van der Waals surface area contributed by atoms with Crippen molar-refractivity contribution in [3.8, 4) is 0 Å². The third-order valence-corrected chi connectivity index (χ3v) is 6.37. The summed E-state index contributed by atoms with van der Waals surface area (Å²) in [6, 6.07) is 3.68. The number of thiocarbonyl (C=S) groups is 1. The van der Waals surface area contributed by atoms with Crippen LogP contribution in [0.2, 0.25) is 0 Å². The number of aryl methyl sites for hydroxylation is 1. The molecule has 1 fully saturated rings. The van der Waals surface area contributed by atoms with Gasteiger partial charge in [0.1, 0.15) is 15.8 Å². The second kappa shape index (κ2) is 11.6. The number of nitrogens with zero attached hydrogens (tertiary/aromatic N) is 3. The van der Waals surface area contributed by atoms with E-state index in [2.05, 4.69) is 17.2 Å². The maximum atomic E-state index is 13.3. The van der Waals surface area contributed by atoms with Crippen molar-refractivity contribution >= 4 is 51.7 Å². The Balaban J connectivity index is 1.96. The molecule has 32 heavy (non-hydrogen) atoms. The van der Waals surface area contributed by atoms with E-state index in [0.29, 0.717) is 46.0 Å². The monoisotopic (exact) mass is 476 g/mol. The van der Waals surface area contributed by atoms with E-state index in [9.17, 15) is 9.59 Å². The van der Waals surface area contributed by atoms with Gasteiger partial charge in [-0.15, -0.1) is 0 Å². The van der Waals surface area contributed by atoms with E-state index >= 15 is 0 Å². The molecule has 0 bridgehead atoms. The maximum absolute atomic E-state index is 13.3. The number of anilines is 1. The van der Waals surface area contributed by atoms with Gasteiger partial charge in [0.15, 0.2) is 0 Å². The number of rotatable bonds is 11. The molecule has 1 aliphatic heterocycles. The van der Waals surface area contributed by atoms with Crippen molar-refractivity contribution < 1.29 is 14.6 Å². The van der Waals surface area contributed by atoms with Gasteiger partial charge in [-0.25, -0.2) is 4.98 Å². The van der Waals surface area contributed by atoms with E-state index in [1.54, 1.807) is 23.2 Å². The number of pyridine rings is 1. The van der Waals surface area contributed by atoms with Gasteiger partial charge in [0.2, 0.25) is 0 Å². The van der Waals surface area contributed by atoms with Crippen LogP contribution < -0.4 is 10.9 Å². The highest BCUT2D eigenvalue weighted by Crippen LogP contribution is 2.33. The number of carbonyl (C=O) groups excluding carboxylic acids is 1. The van der Waals surface area contributed by atoms with Crippen molar-refractivity contribution in [3.05, 3.63) is 44.7 Å². The zero-order valence-corrected chi connectivity index (χ0v) is 19.9. The number of unbranched alkanes of at least 4 members (excludes halogenated alkanes) is 2. The summed E-state index contributed by atoms with van der Waals surface area (Å²) in [6.45, 7) is 5.49. The van der Waals surface area contributed by atoms with Crippen LogP contribution in [0.3, 0.4) is 0 Å². The summed E-state index contributed by atoms with van der Waals surface area (Å²) in [5, 5.41) is 12.0. The first-order valence-electron chi connectivity index (χ1n) is 10.7. The molecule has 0 spiro atoms. The number of amides is 1. The summed E-state index contributed by atoms with van der Waals surface area (Å²) in [5.74, 6) is 0.204. The summed E-state index contributed by atoms with van der Waals surface area (Å²) in [6.07, 6.45) is 6.22. The molecule has 1 amide bonds. The summed E-state index contributed by atoms with van der Waals surface area (Å²) >= 11 is 6.61. The average Bonchev–Trinajstić information content (AvgIpc) is 3.04. The van der Waals surface area contributed by atoms with Gasteiger partial charge in [0.05, 0.1) is 30.3 Å². The lowest BCUT2D eigenvalue weighted by Gasteiger charge is -2.14. The number of thioether (sulfide) groups is 1. The maximum Gasteiger partial charge on any atom is 0.267 e. The summed E-state index contributed by atoms with van der Waals surface area (Å²) < 4.78 is 7.28. The van der Waals surface area contributed by atoms with Crippen molar-refractivity contribution in [2.75, 3.05) is 38.2 Å². The van der Waals surface area contributed by atoms with Gasteiger partial charge < -0.3 is 15.2 Å². The minimum atomic E-state index is -0.270. The second-order valence-electron chi connectivity index (χ2n) is 7.37. The number of aliphatic hydroxyl groups is 1. The fourth-order valence-electron chi connectivity index (χ4n) is 3.33. The Labute approximate surface area is 196 Å². The number of hydrogen-bond acceptors (Lipinski definition) is 8. The highest BCUT2D eigenvalue weighted by Gasteiger charge is 2.32. The molecule has 0 unspecified atom stereocenters. The SMILES string of the molecule is CCCCCN1C(=O)/C(=C\c2c(NCCOCCO)nc3c(C)cccn3c2=O)SC1=S.